The van der Waals surface area contributed by atoms with Gasteiger partial charge in [-0.1, -0.05) is 18.0 Å². The SMILES string of the molecule is Clc1cc(C2CC2)nc(C2CCC2)n1. The van der Waals surface area contributed by atoms with Gasteiger partial charge in [-0.15, -0.1) is 0 Å². The molecule has 2 saturated carbocycles. The molecular formula is C11H13ClN2. The summed E-state index contributed by atoms with van der Waals surface area (Å²) in [6.07, 6.45) is 6.35. The highest BCUT2D eigenvalue weighted by Gasteiger charge is 2.28. The quantitative estimate of drug-likeness (QED) is 0.698. The first-order valence-electron chi connectivity index (χ1n) is 5.37. The molecule has 2 aliphatic carbocycles. The lowest BCUT2D eigenvalue weighted by molar-refractivity contribution is 0.400. The van der Waals surface area contributed by atoms with Gasteiger partial charge in [0.15, 0.2) is 0 Å². The second-order valence-corrected chi connectivity index (χ2v) is 4.76. The Morgan fingerprint density at radius 2 is 1.86 bits per heavy atom. The van der Waals surface area contributed by atoms with Gasteiger partial charge in [0.1, 0.15) is 11.0 Å². The molecule has 0 aliphatic heterocycles. The van der Waals surface area contributed by atoms with E-state index in [1.165, 1.54) is 37.8 Å². The van der Waals surface area contributed by atoms with Crippen LogP contribution in [-0.2, 0) is 0 Å². The van der Waals surface area contributed by atoms with E-state index in [-0.39, 0.29) is 0 Å². The van der Waals surface area contributed by atoms with Crippen LogP contribution < -0.4 is 0 Å². The highest BCUT2D eigenvalue weighted by Crippen LogP contribution is 2.41. The van der Waals surface area contributed by atoms with Gasteiger partial charge in [-0.2, -0.15) is 0 Å². The van der Waals surface area contributed by atoms with Gasteiger partial charge >= 0.3 is 0 Å². The molecule has 0 bridgehead atoms. The van der Waals surface area contributed by atoms with Gasteiger partial charge in [0.25, 0.3) is 0 Å². The molecule has 0 amide bonds. The Bertz CT molecular complexity index is 356. The first-order valence-corrected chi connectivity index (χ1v) is 5.75. The standard InChI is InChI=1S/C11H13ClN2/c12-10-6-9(7-4-5-7)13-11(14-10)8-2-1-3-8/h6-8H,1-5H2. The van der Waals surface area contributed by atoms with Crippen molar-refractivity contribution in [2.45, 2.75) is 43.9 Å². The zero-order valence-electron chi connectivity index (χ0n) is 8.04. The molecular weight excluding hydrogens is 196 g/mol. The van der Waals surface area contributed by atoms with E-state index in [2.05, 4.69) is 9.97 Å². The molecule has 14 heavy (non-hydrogen) atoms. The first kappa shape index (κ1) is 8.66. The molecule has 1 aromatic rings. The van der Waals surface area contributed by atoms with E-state index in [1.54, 1.807) is 0 Å². The molecule has 3 rings (SSSR count). The van der Waals surface area contributed by atoms with E-state index in [9.17, 15) is 0 Å². The van der Waals surface area contributed by atoms with Crippen molar-refractivity contribution >= 4 is 11.6 Å². The van der Waals surface area contributed by atoms with Gasteiger partial charge in [-0.05, 0) is 31.7 Å². The Morgan fingerprint density at radius 3 is 2.43 bits per heavy atom. The molecule has 0 saturated heterocycles. The molecule has 0 N–H and O–H groups in total. The summed E-state index contributed by atoms with van der Waals surface area (Å²) in [6.45, 7) is 0. The molecule has 2 nitrogen and oxygen atoms in total. The van der Waals surface area contributed by atoms with Crippen molar-refractivity contribution < 1.29 is 0 Å². The van der Waals surface area contributed by atoms with Gasteiger partial charge in [-0.3, -0.25) is 0 Å². The van der Waals surface area contributed by atoms with Crippen LogP contribution in [0.4, 0.5) is 0 Å². The van der Waals surface area contributed by atoms with E-state index in [0.717, 1.165) is 5.82 Å². The van der Waals surface area contributed by atoms with Crippen molar-refractivity contribution in [3.8, 4) is 0 Å². The van der Waals surface area contributed by atoms with Crippen molar-refractivity contribution in [3.05, 3.63) is 22.7 Å². The Labute approximate surface area is 88.7 Å². The van der Waals surface area contributed by atoms with Crippen LogP contribution in [0.2, 0.25) is 5.15 Å². The van der Waals surface area contributed by atoms with Gasteiger partial charge < -0.3 is 0 Å². The molecule has 2 fully saturated rings. The summed E-state index contributed by atoms with van der Waals surface area (Å²) in [7, 11) is 0. The summed E-state index contributed by atoms with van der Waals surface area (Å²) >= 11 is 6.00. The third-order valence-electron chi connectivity index (χ3n) is 3.20. The van der Waals surface area contributed by atoms with Crippen LogP contribution in [0.25, 0.3) is 0 Å². The molecule has 1 aromatic heterocycles. The largest absolute Gasteiger partial charge is 0.237 e. The number of halogens is 1. The first-order chi connectivity index (χ1) is 6.83. The van der Waals surface area contributed by atoms with Crippen molar-refractivity contribution in [2.24, 2.45) is 0 Å². The van der Waals surface area contributed by atoms with Crippen LogP contribution >= 0.6 is 11.6 Å². The molecule has 1 heterocycles. The van der Waals surface area contributed by atoms with E-state index >= 15 is 0 Å². The van der Waals surface area contributed by atoms with Crippen LogP contribution in [0.3, 0.4) is 0 Å². The maximum Gasteiger partial charge on any atom is 0.133 e. The zero-order chi connectivity index (χ0) is 9.54. The van der Waals surface area contributed by atoms with Crippen LogP contribution in [0.5, 0.6) is 0 Å². The minimum atomic E-state index is 0.589. The van der Waals surface area contributed by atoms with E-state index in [0.29, 0.717) is 17.0 Å². The predicted octanol–water partition coefficient (Wildman–Crippen LogP) is 3.27. The monoisotopic (exact) mass is 208 g/mol. The van der Waals surface area contributed by atoms with E-state index < -0.39 is 0 Å². The summed E-state index contributed by atoms with van der Waals surface area (Å²) in [4.78, 5) is 8.94. The Hall–Kier alpha value is -0.630. The minimum absolute atomic E-state index is 0.589. The maximum atomic E-state index is 6.00. The molecule has 0 spiro atoms. The second-order valence-electron chi connectivity index (χ2n) is 4.38. The van der Waals surface area contributed by atoms with Gasteiger partial charge in [-0.25, -0.2) is 9.97 Å². The fourth-order valence-electron chi connectivity index (χ4n) is 1.89. The lowest BCUT2D eigenvalue weighted by atomic mass is 9.85. The van der Waals surface area contributed by atoms with Gasteiger partial charge in [0.2, 0.25) is 0 Å². The van der Waals surface area contributed by atoms with Crippen molar-refractivity contribution in [2.75, 3.05) is 0 Å². The molecule has 74 valence electrons. The molecule has 0 aromatic carbocycles. The Balaban J connectivity index is 1.93. The molecule has 0 unspecified atom stereocenters. The molecule has 3 heteroatoms. The van der Waals surface area contributed by atoms with Crippen LogP contribution in [0, 0.1) is 0 Å². The number of nitrogens with zero attached hydrogens (tertiary/aromatic N) is 2. The molecule has 2 aliphatic rings. The van der Waals surface area contributed by atoms with Crippen LogP contribution in [0.1, 0.15) is 55.5 Å². The smallest absolute Gasteiger partial charge is 0.133 e. The van der Waals surface area contributed by atoms with E-state index in [1.807, 2.05) is 6.07 Å². The molecule has 0 radical (unpaired) electrons. The third-order valence-corrected chi connectivity index (χ3v) is 3.39. The highest BCUT2D eigenvalue weighted by atomic mass is 35.5. The summed E-state index contributed by atoms with van der Waals surface area (Å²) in [5.74, 6) is 2.26. The average Bonchev–Trinajstić information content (AvgIpc) is 2.80. The van der Waals surface area contributed by atoms with Crippen molar-refractivity contribution in [1.29, 1.82) is 0 Å². The summed E-state index contributed by atoms with van der Waals surface area (Å²) in [5, 5.41) is 0.629. The zero-order valence-corrected chi connectivity index (χ0v) is 8.80. The second kappa shape index (κ2) is 3.20. The molecule has 0 atom stereocenters. The fraction of sp³-hybridized carbons (Fsp3) is 0.636. The third kappa shape index (κ3) is 1.52. The number of hydrogen-bond acceptors (Lipinski definition) is 2. The summed E-state index contributed by atoms with van der Waals surface area (Å²) in [6, 6.07) is 1.93. The summed E-state index contributed by atoms with van der Waals surface area (Å²) in [5.41, 5.74) is 1.17. The topological polar surface area (TPSA) is 25.8 Å². The number of rotatable bonds is 2. The maximum absolute atomic E-state index is 6.00. The lowest BCUT2D eigenvalue weighted by Gasteiger charge is -2.24. The number of hydrogen-bond donors (Lipinski definition) is 0. The van der Waals surface area contributed by atoms with Crippen LogP contribution in [-0.4, -0.2) is 9.97 Å². The lowest BCUT2D eigenvalue weighted by Crippen LogP contribution is -2.13. The predicted molar refractivity (Wildman–Crippen MR) is 55.6 cm³/mol. The van der Waals surface area contributed by atoms with Crippen LogP contribution in [0.15, 0.2) is 6.07 Å². The Kier molecular flexibility index (Phi) is 1.98. The van der Waals surface area contributed by atoms with E-state index in [4.69, 9.17) is 11.6 Å². The Morgan fingerprint density at radius 1 is 1.07 bits per heavy atom. The normalized spacial score (nSPS) is 22.1. The average molecular weight is 209 g/mol. The highest BCUT2D eigenvalue weighted by molar-refractivity contribution is 6.29. The summed E-state index contributed by atoms with van der Waals surface area (Å²) < 4.78 is 0. The van der Waals surface area contributed by atoms with Gasteiger partial charge in [0, 0.05) is 17.5 Å². The van der Waals surface area contributed by atoms with Crippen molar-refractivity contribution in [1.82, 2.24) is 9.97 Å². The van der Waals surface area contributed by atoms with Crippen molar-refractivity contribution in [3.63, 3.8) is 0 Å². The fourth-order valence-corrected chi connectivity index (χ4v) is 2.09. The minimum Gasteiger partial charge on any atom is -0.237 e. The number of aromatic nitrogens is 2. The van der Waals surface area contributed by atoms with Gasteiger partial charge in [0.05, 0.1) is 0 Å².